The first-order valence-corrected chi connectivity index (χ1v) is 10.6. The van der Waals surface area contributed by atoms with Crippen LogP contribution in [0.3, 0.4) is 0 Å². The van der Waals surface area contributed by atoms with Gasteiger partial charge in [-0.25, -0.2) is 12.7 Å². The number of nitrogens with zero attached hydrogens (tertiary/aromatic N) is 2. The smallest absolute Gasteiger partial charge is 0.238 e. The monoisotopic (exact) mass is 374 g/mol. The zero-order valence-corrected chi connectivity index (χ0v) is 15.3. The molecule has 23 heavy (non-hydrogen) atoms. The molecule has 2 fully saturated rings. The molecule has 0 atom stereocenters. The summed E-state index contributed by atoms with van der Waals surface area (Å²) in [5, 5.41) is 0.631. The Balaban J connectivity index is 1.84. The molecular formula is C15H19ClN2O3S2. The van der Waals surface area contributed by atoms with E-state index in [0.717, 1.165) is 5.69 Å². The summed E-state index contributed by atoms with van der Waals surface area (Å²) >= 11 is 7.56. The van der Waals surface area contributed by atoms with Crippen LogP contribution in [0.15, 0.2) is 24.3 Å². The van der Waals surface area contributed by atoms with Crippen molar-refractivity contribution in [1.82, 2.24) is 4.31 Å². The Labute approximate surface area is 146 Å². The second kappa shape index (κ2) is 6.27. The van der Waals surface area contributed by atoms with Crippen LogP contribution in [0, 0.1) is 0 Å². The quantitative estimate of drug-likeness (QED) is 0.815. The number of rotatable bonds is 3. The van der Waals surface area contributed by atoms with Crippen molar-refractivity contribution >= 4 is 45.0 Å². The van der Waals surface area contributed by atoms with Gasteiger partial charge in [-0.1, -0.05) is 11.6 Å². The fourth-order valence-electron chi connectivity index (χ4n) is 3.19. The van der Waals surface area contributed by atoms with E-state index in [-0.39, 0.29) is 16.5 Å². The van der Waals surface area contributed by atoms with E-state index in [1.807, 2.05) is 17.0 Å². The van der Waals surface area contributed by atoms with Gasteiger partial charge in [-0.05, 0) is 44.0 Å². The molecule has 0 unspecified atom stereocenters. The highest BCUT2D eigenvalue weighted by atomic mass is 35.5. The number of sulfonamides is 1. The van der Waals surface area contributed by atoms with Crippen molar-refractivity contribution in [3.63, 3.8) is 0 Å². The van der Waals surface area contributed by atoms with E-state index in [9.17, 15) is 13.2 Å². The summed E-state index contributed by atoms with van der Waals surface area (Å²) in [6.07, 6.45) is 1.29. The lowest BCUT2D eigenvalue weighted by Gasteiger charge is -2.43. The zero-order valence-electron chi connectivity index (χ0n) is 12.9. The molecule has 1 aromatic carbocycles. The van der Waals surface area contributed by atoms with Crippen LogP contribution in [0.5, 0.6) is 0 Å². The van der Waals surface area contributed by atoms with E-state index in [2.05, 4.69) is 0 Å². The Hall–Kier alpha value is -0.760. The summed E-state index contributed by atoms with van der Waals surface area (Å²) in [6, 6.07) is 7.25. The van der Waals surface area contributed by atoms with Crippen LogP contribution in [-0.4, -0.2) is 48.1 Å². The van der Waals surface area contributed by atoms with Gasteiger partial charge < -0.3 is 0 Å². The van der Waals surface area contributed by atoms with Gasteiger partial charge in [0.15, 0.2) is 0 Å². The number of amides is 1. The SMILES string of the molecule is CCS(=O)(=O)N1CCC2(CC1)SCC(=O)N2c1ccc(Cl)cc1. The molecule has 1 aromatic rings. The lowest BCUT2D eigenvalue weighted by molar-refractivity contribution is -0.116. The van der Waals surface area contributed by atoms with Gasteiger partial charge in [0.2, 0.25) is 15.9 Å². The molecule has 2 saturated heterocycles. The van der Waals surface area contributed by atoms with Crippen LogP contribution in [0.2, 0.25) is 5.02 Å². The average Bonchev–Trinajstić information content (AvgIpc) is 2.85. The summed E-state index contributed by atoms with van der Waals surface area (Å²) in [7, 11) is -3.17. The standard InChI is InChI=1S/C15H19ClN2O3S2/c1-2-23(20,21)17-9-7-15(8-10-17)18(14(19)11-22-15)13-5-3-12(16)4-6-13/h3-6H,2,7-11H2,1H3. The third kappa shape index (κ3) is 3.12. The van der Waals surface area contributed by atoms with Crippen LogP contribution in [-0.2, 0) is 14.8 Å². The average molecular weight is 375 g/mol. The maximum atomic E-state index is 12.4. The molecule has 2 heterocycles. The molecule has 0 saturated carbocycles. The van der Waals surface area contributed by atoms with Gasteiger partial charge in [0, 0.05) is 23.8 Å². The minimum Gasteiger partial charge on any atom is -0.296 e. The van der Waals surface area contributed by atoms with Gasteiger partial charge >= 0.3 is 0 Å². The third-order valence-electron chi connectivity index (χ3n) is 4.47. The minimum atomic E-state index is -3.17. The van der Waals surface area contributed by atoms with Crippen LogP contribution < -0.4 is 4.90 Å². The molecule has 2 aliphatic heterocycles. The zero-order chi connectivity index (χ0) is 16.7. The van der Waals surface area contributed by atoms with Crippen molar-refractivity contribution < 1.29 is 13.2 Å². The Kier molecular flexibility index (Phi) is 4.66. The van der Waals surface area contributed by atoms with Crippen LogP contribution in [0.25, 0.3) is 0 Å². The molecule has 3 rings (SSSR count). The summed E-state index contributed by atoms with van der Waals surface area (Å²) < 4.78 is 25.6. The maximum absolute atomic E-state index is 12.4. The highest BCUT2D eigenvalue weighted by Gasteiger charge is 2.49. The van der Waals surface area contributed by atoms with Crippen LogP contribution in [0.1, 0.15) is 19.8 Å². The van der Waals surface area contributed by atoms with E-state index in [0.29, 0.717) is 36.7 Å². The van der Waals surface area contributed by atoms with Crippen molar-refractivity contribution in [3.05, 3.63) is 29.3 Å². The fourth-order valence-corrected chi connectivity index (χ4v) is 5.75. The van der Waals surface area contributed by atoms with E-state index < -0.39 is 10.0 Å². The fraction of sp³-hybridized carbons (Fsp3) is 0.533. The van der Waals surface area contributed by atoms with Gasteiger partial charge in [0.05, 0.1) is 16.4 Å². The summed E-state index contributed by atoms with van der Waals surface area (Å²) in [5.74, 6) is 0.625. The number of piperidine rings is 1. The molecule has 0 radical (unpaired) electrons. The molecule has 8 heteroatoms. The Morgan fingerprint density at radius 1 is 1.22 bits per heavy atom. The number of anilines is 1. The summed E-state index contributed by atoms with van der Waals surface area (Å²) in [4.78, 5) is 13.9. The number of carbonyl (C=O) groups excluding carboxylic acids is 1. The second-order valence-corrected chi connectivity index (χ2v) is 9.77. The van der Waals surface area contributed by atoms with E-state index in [4.69, 9.17) is 11.6 Å². The largest absolute Gasteiger partial charge is 0.296 e. The van der Waals surface area contributed by atoms with Crippen molar-refractivity contribution in [2.75, 3.05) is 29.5 Å². The van der Waals surface area contributed by atoms with Crippen LogP contribution >= 0.6 is 23.4 Å². The Morgan fingerprint density at radius 3 is 2.39 bits per heavy atom. The highest BCUT2D eigenvalue weighted by Crippen LogP contribution is 2.47. The summed E-state index contributed by atoms with van der Waals surface area (Å²) in [5.41, 5.74) is 0.830. The Bertz CT molecular complexity index is 698. The Morgan fingerprint density at radius 2 is 1.83 bits per heavy atom. The van der Waals surface area contributed by atoms with E-state index >= 15 is 0 Å². The van der Waals surface area contributed by atoms with Crippen molar-refractivity contribution in [1.29, 1.82) is 0 Å². The van der Waals surface area contributed by atoms with Crippen LogP contribution in [0.4, 0.5) is 5.69 Å². The second-order valence-electron chi connectivity index (χ2n) is 5.74. The van der Waals surface area contributed by atoms with E-state index in [1.165, 1.54) is 0 Å². The van der Waals surface area contributed by atoms with Crippen molar-refractivity contribution in [2.45, 2.75) is 24.6 Å². The van der Waals surface area contributed by atoms with Gasteiger partial charge in [-0.2, -0.15) is 0 Å². The number of hydrogen-bond acceptors (Lipinski definition) is 4. The first-order chi connectivity index (χ1) is 10.9. The minimum absolute atomic E-state index is 0.0733. The lowest BCUT2D eigenvalue weighted by atomic mass is 10.0. The number of carbonyl (C=O) groups is 1. The molecule has 0 bridgehead atoms. The first kappa shape index (κ1) is 17.1. The normalized spacial score (nSPS) is 22.0. The van der Waals surface area contributed by atoms with Gasteiger partial charge in [-0.3, -0.25) is 9.69 Å². The van der Waals surface area contributed by atoms with Crippen molar-refractivity contribution in [3.8, 4) is 0 Å². The van der Waals surface area contributed by atoms with E-state index in [1.54, 1.807) is 35.1 Å². The molecule has 0 N–H and O–H groups in total. The number of thioether (sulfide) groups is 1. The van der Waals surface area contributed by atoms with Gasteiger partial charge in [0.1, 0.15) is 0 Å². The van der Waals surface area contributed by atoms with Gasteiger partial charge in [-0.15, -0.1) is 11.8 Å². The summed E-state index contributed by atoms with van der Waals surface area (Å²) in [6.45, 7) is 2.58. The molecule has 1 spiro atoms. The molecule has 0 aliphatic carbocycles. The third-order valence-corrected chi connectivity index (χ3v) is 8.12. The predicted octanol–water partition coefficient (Wildman–Crippen LogP) is 2.56. The predicted molar refractivity (Wildman–Crippen MR) is 94.4 cm³/mol. The number of hydrogen-bond donors (Lipinski definition) is 0. The number of benzene rings is 1. The molecular weight excluding hydrogens is 356 g/mol. The topological polar surface area (TPSA) is 57.7 Å². The molecule has 126 valence electrons. The molecule has 2 aliphatic rings. The number of halogens is 1. The first-order valence-electron chi connectivity index (χ1n) is 7.58. The lowest BCUT2D eigenvalue weighted by Crippen LogP contribution is -2.53. The molecule has 1 amide bonds. The maximum Gasteiger partial charge on any atom is 0.238 e. The highest BCUT2D eigenvalue weighted by molar-refractivity contribution is 8.02. The molecule has 5 nitrogen and oxygen atoms in total. The molecule has 0 aromatic heterocycles. The van der Waals surface area contributed by atoms with Crippen molar-refractivity contribution in [2.24, 2.45) is 0 Å². The van der Waals surface area contributed by atoms with Gasteiger partial charge in [0.25, 0.3) is 0 Å².